The fourth-order valence-corrected chi connectivity index (χ4v) is 2.28. The molecule has 0 bridgehead atoms. The lowest BCUT2D eigenvalue weighted by Gasteiger charge is -2.15. The zero-order valence-electron chi connectivity index (χ0n) is 12.2. The molecule has 0 saturated carbocycles. The van der Waals surface area contributed by atoms with Crippen LogP contribution in [0.4, 0.5) is 5.69 Å². The molecule has 0 radical (unpaired) electrons. The lowest BCUT2D eigenvalue weighted by molar-refractivity contribution is -0.117. The number of anilines is 1. The SMILES string of the molecule is CNCCCNC(=O)c1ccc(N2CCCC2=O)cc1.Cl. The van der Waals surface area contributed by atoms with Gasteiger partial charge in [0.25, 0.3) is 5.91 Å². The number of benzene rings is 1. The molecule has 1 heterocycles. The molecule has 21 heavy (non-hydrogen) atoms. The van der Waals surface area contributed by atoms with Gasteiger partial charge in [-0.15, -0.1) is 12.4 Å². The van der Waals surface area contributed by atoms with E-state index in [0.717, 1.165) is 31.6 Å². The van der Waals surface area contributed by atoms with Gasteiger partial charge in [0.05, 0.1) is 0 Å². The Hall–Kier alpha value is -1.59. The highest BCUT2D eigenvalue weighted by molar-refractivity contribution is 5.97. The van der Waals surface area contributed by atoms with Crippen LogP contribution in [0.1, 0.15) is 29.6 Å². The van der Waals surface area contributed by atoms with Gasteiger partial charge in [-0.3, -0.25) is 9.59 Å². The third-order valence-electron chi connectivity index (χ3n) is 3.40. The Balaban J connectivity index is 0.00000220. The second-order valence-electron chi connectivity index (χ2n) is 4.91. The zero-order valence-corrected chi connectivity index (χ0v) is 13.0. The Labute approximate surface area is 131 Å². The molecular weight excluding hydrogens is 290 g/mol. The molecule has 116 valence electrons. The molecule has 1 aromatic carbocycles. The van der Waals surface area contributed by atoms with Crippen LogP contribution in [0.15, 0.2) is 24.3 Å². The highest BCUT2D eigenvalue weighted by Gasteiger charge is 2.21. The highest BCUT2D eigenvalue weighted by Crippen LogP contribution is 2.21. The van der Waals surface area contributed by atoms with Gasteiger partial charge in [0.1, 0.15) is 0 Å². The van der Waals surface area contributed by atoms with E-state index in [1.54, 1.807) is 17.0 Å². The first-order valence-corrected chi connectivity index (χ1v) is 7.05. The minimum absolute atomic E-state index is 0. The molecule has 1 fully saturated rings. The summed E-state index contributed by atoms with van der Waals surface area (Å²) in [6.07, 6.45) is 2.43. The third-order valence-corrected chi connectivity index (χ3v) is 3.40. The minimum atomic E-state index is -0.0691. The van der Waals surface area contributed by atoms with Crippen molar-refractivity contribution in [1.82, 2.24) is 10.6 Å². The molecule has 2 N–H and O–H groups in total. The van der Waals surface area contributed by atoms with Crippen LogP contribution in [0.3, 0.4) is 0 Å². The quantitative estimate of drug-likeness (QED) is 0.784. The Morgan fingerprint density at radius 1 is 1.24 bits per heavy atom. The molecule has 6 heteroatoms. The van der Waals surface area contributed by atoms with Gasteiger partial charge in [-0.1, -0.05) is 0 Å². The predicted octanol–water partition coefficient (Wildman–Crippen LogP) is 1.57. The van der Waals surface area contributed by atoms with Crippen molar-refractivity contribution in [3.63, 3.8) is 0 Å². The van der Waals surface area contributed by atoms with E-state index in [-0.39, 0.29) is 24.2 Å². The van der Waals surface area contributed by atoms with Gasteiger partial charge in [0.2, 0.25) is 5.91 Å². The fraction of sp³-hybridized carbons (Fsp3) is 0.467. The molecule has 2 amide bonds. The fourth-order valence-electron chi connectivity index (χ4n) is 2.28. The number of halogens is 1. The monoisotopic (exact) mass is 311 g/mol. The van der Waals surface area contributed by atoms with E-state index in [1.165, 1.54) is 0 Å². The van der Waals surface area contributed by atoms with Crippen LogP contribution in [-0.2, 0) is 4.79 Å². The standard InChI is InChI=1S/C15H21N3O2.ClH/c1-16-9-3-10-17-15(20)12-5-7-13(8-6-12)18-11-2-4-14(18)19;/h5-8,16H,2-4,9-11H2,1H3,(H,17,20);1H. The first-order valence-electron chi connectivity index (χ1n) is 7.05. The van der Waals surface area contributed by atoms with Gasteiger partial charge in [0, 0.05) is 30.8 Å². The Kier molecular flexibility index (Phi) is 7.19. The summed E-state index contributed by atoms with van der Waals surface area (Å²) in [5.41, 5.74) is 1.50. The van der Waals surface area contributed by atoms with Gasteiger partial charge in [-0.05, 0) is 50.7 Å². The topological polar surface area (TPSA) is 61.4 Å². The van der Waals surface area contributed by atoms with Crippen LogP contribution >= 0.6 is 12.4 Å². The van der Waals surface area contributed by atoms with Crippen molar-refractivity contribution in [3.05, 3.63) is 29.8 Å². The summed E-state index contributed by atoms with van der Waals surface area (Å²) in [4.78, 5) is 25.3. The highest BCUT2D eigenvalue weighted by atomic mass is 35.5. The van der Waals surface area contributed by atoms with E-state index in [2.05, 4.69) is 10.6 Å². The smallest absolute Gasteiger partial charge is 0.251 e. The summed E-state index contributed by atoms with van der Waals surface area (Å²) in [6, 6.07) is 7.22. The van der Waals surface area contributed by atoms with Crippen molar-refractivity contribution in [2.24, 2.45) is 0 Å². The number of carbonyl (C=O) groups is 2. The number of nitrogens with zero attached hydrogens (tertiary/aromatic N) is 1. The van der Waals surface area contributed by atoms with Crippen LogP contribution in [0.25, 0.3) is 0 Å². The van der Waals surface area contributed by atoms with Gasteiger partial charge in [-0.25, -0.2) is 0 Å². The van der Waals surface area contributed by atoms with E-state index in [0.29, 0.717) is 18.5 Å². The number of hydrogen-bond acceptors (Lipinski definition) is 3. The third kappa shape index (κ3) is 4.72. The Bertz CT molecular complexity index is 476. The Morgan fingerprint density at radius 2 is 1.95 bits per heavy atom. The van der Waals surface area contributed by atoms with Crippen LogP contribution in [0, 0.1) is 0 Å². The van der Waals surface area contributed by atoms with Crippen molar-refractivity contribution in [1.29, 1.82) is 0 Å². The van der Waals surface area contributed by atoms with Gasteiger partial charge in [0.15, 0.2) is 0 Å². The van der Waals surface area contributed by atoms with E-state index < -0.39 is 0 Å². The summed E-state index contributed by atoms with van der Waals surface area (Å²) >= 11 is 0. The normalized spacial score (nSPS) is 14.0. The number of rotatable bonds is 6. The number of carbonyl (C=O) groups excluding carboxylic acids is 2. The molecular formula is C15H22ClN3O2. The van der Waals surface area contributed by atoms with Crippen molar-refractivity contribution < 1.29 is 9.59 Å². The van der Waals surface area contributed by atoms with Gasteiger partial charge in [-0.2, -0.15) is 0 Å². The molecule has 2 rings (SSSR count). The lowest BCUT2D eigenvalue weighted by Crippen LogP contribution is -2.27. The van der Waals surface area contributed by atoms with E-state index >= 15 is 0 Å². The van der Waals surface area contributed by atoms with Crippen molar-refractivity contribution in [2.75, 3.05) is 31.6 Å². The number of nitrogens with one attached hydrogen (secondary N) is 2. The second-order valence-corrected chi connectivity index (χ2v) is 4.91. The maximum absolute atomic E-state index is 11.9. The summed E-state index contributed by atoms with van der Waals surface area (Å²) in [5.74, 6) is 0.0923. The molecule has 0 aliphatic carbocycles. The van der Waals surface area contributed by atoms with E-state index in [9.17, 15) is 9.59 Å². The van der Waals surface area contributed by atoms with Gasteiger partial charge < -0.3 is 15.5 Å². The Morgan fingerprint density at radius 3 is 2.52 bits per heavy atom. The average molecular weight is 312 g/mol. The minimum Gasteiger partial charge on any atom is -0.352 e. The first kappa shape index (κ1) is 17.5. The van der Waals surface area contributed by atoms with E-state index in [4.69, 9.17) is 0 Å². The largest absolute Gasteiger partial charge is 0.352 e. The molecule has 0 aromatic heterocycles. The molecule has 1 aliphatic rings. The molecule has 0 spiro atoms. The van der Waals surface area contributed by atoms with Crippen LogP contribution in [-0.4, -0.2) is 38.5 Å². The molecule has 1 aliphatic heterocycles. The van der Waals surface area contributed by atoms with E-state index in [1.807, 2.05) is 19.2 Å². The maximum Gasteiger partial charge on any atom is 0.251 e. The van der Waals surface area contributed by atoms with Crippen LogP contribution < -0.4 is 15.5 Å². The van der Waals surface area contributed by atoms with Crippen LogP contribution in [0.2, 0.25) is 0 Å². The molecule has 5 nitrogen and oxygen atoms in total. The molecule has 1 saturated heterocycles. The van der Waals surface area contributed by atoms with Crippen molar-refractivity contribution in [2.45, 2.75) is 19.3 Å². The van der Waals surface area contributed by atoms with Crippen molar-refractivity contribution in [3.8, 4) is 0 Å². The second kappa shape index (κ2) is 8.64. The number of hydrogen-bond donors (Lipinski definition) is 2. The zero-order chi connectivity index (χ0) is 14.4. The molecule has 0 unspecified atom stereocenters. The predicted molar refractivity (Wildman–Crippen MR) is 86.2 cm³/mol. The number of amides is 2. The first-order chi connectivity index (χ1) is 9.72. The summed E-state index contributed by atoms with van der Waals surface area (Å²) < 4.78 is 0. The lowest BCUT2D eigenvalue weighted by atomic mass is 10.2. The van der Waals surface area contributed by atoms with Crippen molar-refractivity contribution >= 4 is 29.9 Å². The summed E-state index contributed by atoms with van der Waals surface area (Å²) in [7, 11) is 1.89. The molecule has 0 atom stereocenters. The van der Waals surface area contributed by atoms with Gasteiger partial charge >= 0.3 is 0 Å². The average Bonchev–Trinajstić information content (AvgIpc) is 2.90. The van der Waals surface area contributed by atoms with Crippen LogP contribution in [0.5, 0.6) is 0 Å². The summed E-state index contributed by atoms with van der Waals surface area (Å²) in [5, 5.41) is 5.91. The summed E-state index contributed by atoms with van der Waals surface area (Å²) in [6.45, 7) is 2.32. The maximum atomic E-state index is 11.9. The molecule has 1 aromatic rings.